The second kappa shape index (κ2) is 6.92. The maximum atomic E-state index is 14.0. The van der Waals surface area contributed by atoms with Crippen LogP contribution < -0.4 is 0 Å². The Bertz CT molecular complexity index is 731. The summed E-state index contributed by atoms with van der Waals surface area (Å²) in [6.45, 7) is 1.38. The fourth-order valence-electron chi connectivity index (χ4n) is 2.05. The predicted octanol–water partition coefficient (Wildman–Crippen LogP) is 4.27. The molecule has 0 heterocycles. The minimum atomic E-state index is -2.14. The Morgan fingerprint density at radius 1 is 1.21 bits per heavy atom. The Balaban J connectivity index is 2.72. The Morgan fingerprint density at radius 3 is 2.25 bits per heavy atom. The van der Waals surface area contributed by atoms with Gasteiger partial charge in [-0.25, -0.2) is 22.4 Å². The summed E-state index contributed by atoms with van der Waals surface area (Å²) >= 11 is 2.54. The third-order valence-electron chi connectivity index (χ3n) is 3.42. The van der Waals surface area contributed by atoms with Crippen molar-refractivity contribution in [2.24, 2.45) is 5.92 Å². The quantitative estimate of drug-likeness (QED) is 0.145. The lowest BCUT2D eigenvalue weighted by Gasteiger charge is -2.14. The zero-order chi connectivity index (χ0) is 18.2. The average molecular weight is 410 g/mol. The average Bonchev–Trinajstić information content (AvgIpc) is 3.36. The third-order valence-corrected chi connectivity index (χ3v) is 4.16. The highest BCUT2D eigenvalue weighted by Crippen LogP contribution is 2.38. The van der Waals surface area contributed by atoms with Crippen LogP contribution in [0, 0.1) is 34.6 Å². The lowest BCUT2D eigenvalue weighted by Crippen LogP contribution is -2.20. The van der Waals surface area contributed by atoms with Crippen molar-refractivity contribution in [3.8, 4) is 0 Å². The molecule has 2 rings (SSSR count). The zero-order valence-electron chi connectivity index (χ0n) is 12.4. The number of benzene rings is 1. The van der Waals surface area contributed by atoms with E-state index in [1.807, 2.05) is 0 Å². The van der Waals surface area contributed by atoms with E-state index in [0.29, 0.717) is 12.8 Å². The highest BCUT2D eigenvalue weighted by molar-refractivity contribution is 9.10. The molecule has 1 aliphatic carbocycles. The highest BCUT2D eigenvalue weighted by Gasteiger charge is 2.36. The van der Waals surface area contributed by atoms with Gasteiger partial charge in [0, 0.05) is 5.92 Å². The normalized spacial score (nSPS) is 15.1. The Labute approximate surface area is 142 Å². The van der Waals surface area contributed by atoms with E-state index in [0.717, 1.165) is 0 Å². The van der Waals surface area contributed by atoms with Crippen molar-refractivity contribution in [3.05, 3.63) is 38.9 Å². The standard InChI is InChI=1S/C15H12BrF4NO3/c1-2-24-15(23)7(13(21)5-3-4-5)14(22)6-8(16)10(18)12(20)11(19)9(6)17/h5,21-22H,2-4H2,1H3. The van der Waals surface area contributed by atoms with E-state index in [9.17, 15) is 27.5 Å². The van der Waals surface area contributed by atoms with Crippen molar-refractivity contribution in [1.82, 2.24) is 0 Å². The summed E-state index contributed by atoms with van der Waals surface area (Å²) in [6, 6.07) is 0. The van der Waals surface area contributed by atoms with E-state index in [4.69, 9.17) is 10.1 Å². The summed E-state index contributed by atoms with van der Waals surface area (Å²) in [5.41, 5.74) is -2.12. The van der Waals surface area contributed by atoms with Gasteiger partial charge >= 0.3 is 5.97 Å². The van der Waals surface area contributed by atoms with Crippen LogP contribution >= 0.6 is 15.9 Å². The van der Waals surface area contributed by atoms with Gasteiger partial charge in [0.05, 0.1) is 22.4 Å². The minimum absolute atomic E-state index is 0.0939. The number of carbonyl (C=O) groups excluding carboxylic acids is 1. The van der Waals surface area contributed by atoms with Crippen LogP contribution in [0.25, 0.3) is 5.76 Å². The summed E-state index contributed by atoms with van der Waals surface area (Å²) < 4.78 is 58.2. The van der Waals surface area contributed by atoms with Gasteiger partial charge in [-0.1, -0.05) is 0 Å². The number of ether oxygens (including phenoxy) is 1. The third kappa shape index (κ3) is 3.17. The van der Waals surface area contributed by atoms with E-state index in [1.54, 1.807) is 0 Å². The molecule has 24 heavy (non-hydrogen) atoms. The number of halogens is 5. The molecule has 4 nitrogen and oxygen atoms in total. The zero-order valence-corrected chi connectivity index (χ0v) is 13.9. The fraction of sp³-hybridized carbons (Fsp3) is 0.333. The number of hydrogen-bond acceptors (Lipinski definition) is 4. The number of aliphatic hydroxyl groups is 1. The predicted molar refractivity (Wildman–Crippen MR) is 80.6 cm³/mol. The maximum Gasteiger partial charge on any atom is 0.343 e. The molecule has 1 aromatic rings. The minimum Gasteiger partial charge on any atom is -0.506 e. The highest BCUT2D eigenvalue weighted by atomic mass is 79.9. The molecule has 0 aromatic heterocycles. The molecule has 2 N–H and O–H groups in total. The molecule has 0 bridgehead atoms. The molecule has 0 aliphatic heterocycles. The first-order valence-electron chi connectivity index (χ1n) is 6.93. The SMILES string of the molecule is CCOC(=O)C(C(=N)C1CC1)=C(O)c1c(F)c(F)c(F)c(F)c1Br. The topological polar surface area (TPSA) is 70.4 Å². The smallest absolute Gasteiger partial charge is 0.343 e. The Morgan fingerprint density at radius 2 is 1.75 bits per heavy atom. The first-order valence-corrected chi connectivity index (χ1v) is 7.72. The Hall–Kier alpha value is -1.90. The molecule has 0 spiro atoms. The van der Waals surface area contributed by atoms with Gasteiger partial charge in [0.2, 0.25) is 0 Å². The van der Waals surface area contributed by atoms with Gasteiger partial charge < -0.3 is 15.3 Å². The van der Waals surface area contributed by atoms with Crippen molar-refractivity contribution in [3.63, 3.8) is 0 Å². The molecule has 0 amide bonds. The number of hydrogen-bond donors (Lipinski definition) is 2. The van der Waals surface area contributed by atoms with Gasteiger partial charge in [-0.15, -0.1) is 0 Å². The second-order valence-corrected chi connectivity index (χ2v) is 5.87. The number of rotatable bonds is 5. The van der Waals surface area contributed by atoms with Gasteiger partial charge in [-0.2, -0.15) is 0 Å². The first-order chi connectivity index (χ1) is 11.2. The van der Waals surface area contributed by atoms with E-state index in [2.05, 4.69) is 15.9 Å². The number of carbonyl (C=O) groups is 1. The van der Waals surface area contributed by atoms with Gasteiger partial charge in [0.25, 0.3) is 0 Å². The van der Waals surface area contributed by atoms with Crippen molar-refractivity contribution >= 4 is 33.4 Å². The molecule has 0 radical (unpaired) electrons. The van der Waals surface area contributed by atoms with E-state index in [1.165, 1.54) is 6.92 Å². The fourth-order valence-corrected chi connectivity index (χ4v) is 2.59. The molecular weight excluding hydrogens is 398 g/mol. The van der Waals surface area contributed by atoms with Crippen molar-refractivity contribution in [1.29, 1.82) is 5.41 Å². The lowest BCUT2D eigenvalue weighted by atomic mass is 10.0. The summed E-state index contributed by atoms with van der Waals surface area (Å²) in [6.07, 6.45) is 1.15. The molecule has 1 aliphatic rings. The van der Waals surface area contributed by atoms with Crippen LogP contribution in [0.5, 0.6) is 0 Å². The molecule has 1 saturated carbocycles. The van der Waals surface area contributed by atoms with Crippen LogP contribution in [0.1, 0.15) is 25.3 Å². The lowest BCUT2D eigenvalue weighted by molar-refractivity contribution is -0.137. The molecule has 1 fully saturated rings. The van der Waals surface area contributed by atoms with Crippen molar-refractivity contribution in [2.45, 2.75) is 19.8 Å². The number of nitrogens with one attached hydrogen (secondary N) is 1. The van der Waals surface area contributed by atoms with Crippen LogP contribution in [0.3, 0.4) is 0 Å². The van der Waals surface area contributed by atoms with Crippen LogP contribution in [0.2, 0.25) is 0 Å². The summed E-state index contributed by atoms with van der Waals surface area (Å²) in [4.78, 5) is 12.0. The van der Waals surface area contributed by atoms with Gasteiger partial charge in [0.15, 0.2) is 23.3 Å². The van der Waals surface area contributed by atoms with E-state index < -0.39 is 50.6 Å². The van der Waals surface area contributed by atoms with E-state index in [-0.39, 0.29) is 18.2 Å². The van der Waals surface area contributed by atoms with Crippen LogP contribution in [-0.4, -0.2) is 23.4 Å². The van der Waals surface area contributed by atoms with Gasteiger partial charge in [-0.05, 0) is 35.7 Å². The van der Waals surface area contributed by atoms with Gasteiger partial charge in [0.1, 0.15) is 11.3 Å². The molecule has 0 unspecified atom stereocenters. The first kappa shape index (κ1) is 18.4. The van der Waals surface area contributed by atoms with Crippen molar-refractivity contribution < 1.29 is 32.2 Å². The maximum absolute atomic E-state index is 14.0. The van der Waals surface area contributed by atoms with Crippen LogP contribution in [0.4, 0.5) is 17.6 Å². The van der Waals surface area contributed by atoms with Gasteiger partial charge in [-0.3, -0.25) is 0 Å². The van der Waals surface area contributed by atoms with Crippen LogP contribution in [-0.2, 0) is 9.53 Å². The molecule has 1 aromatic carbocycles. The largest absolute Gasteiger partial charge is 0.506 e. The molecule has 130 valence electrons. The summed E-state index contributed by atoms with van der Waals surface area (Å²) in [5.74, 6) is -10.5. The molecular formula is C15H12BrF4NO3. The number of esters is 1. The molecule has 9 heteroatoms. The monoisotopic (exact) mass is 409 g/mol. The molecule has 0 saturated heterocycles. The summed E-state index contributed by atoms with van der Waals surface area (Å²) in [7, 11) is 0. The molecule has 0 atom stereocenters. The second-order valence-electron chi connectivity index (χ2n) is 5.08. The summed E-state index contributed by atoms with van der Waals surface area (Å²) in [5, 5.41) is 18.2. The van der Waals surface area contributed by atoms with Crippen LogP contribution in [0.15, 0.2) is 10.0 Å². The van der Waals surface area contributed by atoms with Crippen molar-refractivity contribution in [2.75, 3.05) is 6.61 Å². The Kier molecular flexibility index (Phi) is 5.32. The van der Waals surface area contributed by atoms with E-state index >= 15 is 0 Å². The number of aliphatic hydroxyl groups excluding tert-OH is 1.